The summed E-state index contributed by atoms with van der Waals surface area (Å²) in [5, 5.41) is 0.660. The maximum Gasteiger partial charge on any atom is 0.423 e. The molecule has 1 aliphatic rings. The van der Waals surface area contributed by atoms with Crippen LogP contribution in [0.3, 0.4) is 0 Å². The molecule has 0 saturated heterocycles. The van der Waals surface area contributed by atoms with Crippen LogP contribution in [0.25, 0.3) is 12.2 Å². The molecule has 3 rings (SSSR count). The Hall–Kier alpha value is -2.17. The summed E-state index contributed by atoms with van der Waals surface area (Å²) in [4.78, 5) is 24.2. The van der Waals surface area contributed by atoms with Gasteiger partial charge in [-0.3, -0.25) is 9.59 Å². The first-order valence-corrected chi connectivity index (χ1v) is 7.11. The van der Waals surface area contributed by atoms with E-state index < -0.39 is 0 Å². The van der Waals surface area contributed by atoms with Gasteiger partial charge in [-0.25, -0.2) is 4.42 Å². The van der Waals surface area contributed by atoms with Crippen molar-refractivity contribution in [3.8, 4) is 0 Å². The zero-order valence-electron chi connectivity index (χ0n) is 11.1. The molecule has 0 amide bonds. The molecule has 0 saturated carbocycles. The molecular weight excluding hydrogens is 327 g/mol. The van der Waals surface area contributed by atoms with Gasteiger partial charge in [-0.15, -0.1) is 0 Å². The molecule has 1 aromatic carbocycles. The van der Waals surface area contributed by atoms with Crippen molar-refractivity contribution in [3.05, 3.63) is 83.7 Å². The fourth-order valence-electron chi connectivity index (χ4n) is 2.10. The van der Waals surface area contributed by atoms with Gasteiger partial charge >= 0.3 is 11.5 Å². The van der Waals surface area contributed by atoms with Crippen molar-refractivity contribution in [2.75, 3.05) is 0 Å². The molecule has 2 heterocycles. The Morgan fingerprint density at radius 2 is 1.95 bits per heavy atom. The first-order valence-electron chi connectivity index (χ1n) is 6.35. The predicted octanol–water partition coefficient (Wildman–Crippen LogP) is 1.66. The molecule has 0 aliphatic carbocycles. The van der Waals surface area contributed by atoms with Crippen molar-refractivity contribution in [3.63, 3.8) is 0 Å². The highest BCUT2D eigenvalue weighted by atomic mass is 35.5. The average molecular weight is 336 g/mol. The number of halogens is 2. The quantitative estimate of drug-likeness (QED) is 0.783. The molecule has 0 fully saturated rings. The van der Waals surface area contributed by atoms with Gasteiger partial charge in [-0.05, 0) is 35.4 Å². The minimum absolute atomic E-state index is 0.125. The smallest absolute Gasteiger partial charge is 0.423 e. The van der Waals surface area contributed by atoms with Crippen LogP contribution in [0.5, 0.6) is 0 Å². The van der Waals surface area contributed by atoms with E-state index in [1.807, 2.05) is 0 Å². The second-order valence-electron chi connectivity index (χ2n) is 4.66. The largest absolute Gasteiger partial charge is 0.454 e. The van der Waals surface area contributed by atoms with Crippen LogP contribution in [0, 0.1) is 5.92 Å². The summed E-state index contributed by atoms with van der Waals surface area (Å²) in [6, 6.07) is 3.14. The van der Waals surface area contributed by atoms with E-state index in [4.69, 9.17) is 32.4 Å². The van der Waals surface area contributed by atoms with E-state index in [0.29, 0.717) is 5.56 Å². The molecule has 2 aromatic rings. The third-order valence-corrected chi connectivity index (χ3v) is 3.59. The molecule has 1 aliphatic heterocycles. The molecule has 4 nitrogen and oxygen atoms in total. The van der Waals surface area contributed by atoms with Crippen LogP contribution in [0.2, 0.25) is 5.22 Å². The average Bonchev–Trinajstić information content (AvgIpc) is 2.50. The molecule has 6 heteroatoms. The molecule has 0 radical (unpaired) electrons. The van der Waals surface area contributed by atoms with Crippen LogP contribution in [0.1, 0.15) is 5.56 Å². The number of hydrogen-bond donors (Lipinski definition) is 0. The van der Waals surface area contributed by atoms with Crippen molar-refractivity contribution in [1.29, 1.82) is 0 Å². The van der Waals surface area contributed by atoms with Crippen molar-refractivity contribution < 1.29 is 9.15 Å². The van der Waals surface area contributed by atoms with Gasteiger partial charge in [0.25, 0.3) is 0 Å². The second-order valence-corrected chi connectivity index (χ2v) is 5.41. The van der Waals surface area contributed by atoms with Gasteiger partial charge in [0.1, 0.15) is 0 Å². The summed E-state index contributed by atoms with van der Waals surface area (Å²) in [6.07, 6.45) is 9.17. The van der Waals surface area contributed by atoms with Crippen molar-refractivity contribution in [2.24, 2.45) is 5.92 Å². The summed E-state index contributed by atoms with van der Waals surface area (Å²) < 4.78 is 9.82. The Morgan fingerprint density at radius 3 is 2.64 bits per heavy atom. The fourth-order valence-corrected chi connectivity index (χ4v) is 2.48. The Bertz CT molecular complexity index is 946. The van der Waals surface area contributed by atoms with Crippen LogP contribution in [0.15, 0.2) is 56.0 Å². The second kappa shape index (κ2) is 5.91. The number of allylic oxidation sites excluding steroid dienone is 2. The van der Waals surface area contributed by atoms with Crippen LogP contribution in [-0.2, 0) is 4.74 Å². The van der Waals surface area contributed by atoms with Crippen molar-refractivity contribution in [2.45, 2.75) is 0 Å². The van der Waals surface area contributed by atoms with Gasteiger partial charge in [0, 0.05) is 23.6 Å². The van der Waals surface area contributed by atoms with E-state index >= 15 is 0 Å². The lowest BCUT2D eigenvalue weighted by molar-refractivity contribution is 0.372. The predicted molar refractivity (Wildman–Crippen MR) is 84.4 cm³/mol. The van der Waals surface area contributed by atoms with Crippen molar-refractivity contribution in [1.82, 2.24) is 0 Å². The molecule has 22 heavy (non-hydrogen) atoms. The summed E-state index contributed by atoms with van der Waals surface area (Å²) in [7, 11) is 0. The molecule has 110 valence electrons. The fraction of sp³-hybridized carbons (Fsp3) is 0.0625. The Balaban J connectivity index is 2.02. The van der Waals surface area contributed by atoms with Crippen LogP contribution < -0.4 is 21.3 Å². The Morgan fingerprint density at radius 1 is 1.18 bits per heavy atom. The lowest BCUT2D eigenvalue weighted by Crippen LogP contribution is -2.64. The van der Waals surface area contributed by atoms with Gasteiger partial charge in [-0.1, -0.05) is 6.08 Å². The maximum absolute atomic E-state index is 12.1. The molecule has 0 N–H and O–H groups in total. The maximum atomic E-state index is 12.1. The third-order valence-electron chi connectivity index (χ3n) is 3.17. The highest BCUT2D eigenvalue weighted by molar-refractivity contribution is 6.29. The first kappa shape index (κ1) is 14.8. The number of ether oxygens (including phenoxy) is 1. The van der Waals surface area contributed by atoms with E-state index in [0.717, 1.165) is 0 Å². The summed E-state index contributed by atoms with van der Waals surface area (Å²) in [5.74, 6) is -0.240. The number of hydrogen-bond acceptors (Lipinski definition) is 3. The monoisotopic (exact) mass is 335 g/mol. The van der Waals surface area contributed by atoms with Crippen LogP contribution in [-0.4, -0.2) is 0 Å². The molecule has 0 spiro atoms. The lowest BCUT2D eigenvalue weighted by Gasteiger charge is -2.08. The zero-order chi connectivity index (χ0) is 15.7. The van der Waals surface area contributed by atoms with E-state index in [9.17, 15) is 9.59 Å². The minimum Gasteiger partial charge on any atom is -0.454 e. The Labute approximate surface area is 134 Å². The van der Waals surface area contributed by atoms with E-state index in [-0.39, 0.29) is 37.7 Å². The number of rotatable bonds is 2. The topological polar surface area (TPSA) is 54.7 Å². The molecule has 1 aromatic heterocycles. The van der Waals surface area contributed by atoms with Crippen LogP contribution >= 0.6 is 23.2 Å². The first-order chi connectivity index (χ1) is 10.5. The minimum atomic E-state index is -0.300. The van der Waals surface area contributed by atoms with E-state index in [1.165, 1.54) is 24.7 Å². The zero-order valence-corrected chi connectivity index (χ0v) is 12.6. The van der Waals surface area contributed by atoms with Crippen LogP contribution in [0.4, 0.5) is 0 Å². The molecule has 0 bridgehead atoms. The van der Waals surface area contributed by atoms with E-state index in [2.05, 4.69) is 0 Å². The van der Waals surface area contributed by atoms with Gasteiger partial charge in [0.15, 0.2) is 5.22 Å². The summed E-state index contributed by atoms with van der Waals surface area (Å²) >= 11 is 11.5. The molecule has 1 atom stereocenters. The lowest BCUT2D eigenvalue weighted by atomic mass is 10.0. The third kappa shape index (κ3) is 2.89. The van der Waals surface area contributed by atoms with Gasteiger partial charge in [0.2, 0.25) is 10.9 Å². The summed E-state index contributed by atoms with van der Waals surface area (Å²) in [6.45, 7) is 0. The normalized spacial score (nSPS) is 17.0. The van der Waals surface area contributed by atoms with Gasteiger partial charge in [0.05, 0.1) is 22.8 Å². The van der Waals surface area contributed by atoms with Gasteiger partial charge in [-0.2, -0.15) is 0 Å². The Kier molecular flexibility index (Phi) is 3.96. The van der Waals surface area contributed by atoms with E-state index in [1.54, 1.807) is 24.3 Å². The highest BCUT2D eigenvalue weighted by Crippen LogP contribution is 2.17. The molecule has 1 unspecified atom stereocenters. The standard InChI is InChI=1S/C16H9Cl2O4/c17-13-7-9(1-3-21-13)5-11-15(19)12(16(11)20)6-10-2-4-22-14(18)8-10/h1-9H/q+1. The van der Waals surface area contributed by atoms with Gasteiger partial charge < -0.3 is 4.74 Å². The SMILES string of the molecule is O=c1c(=Cc2cc[o+]c(Cl)c2)c(=O)c1=CC1C=COC(Cl)=C1. The highest BCUT2D eigenvalue weighted by Gasteiger charge is 2.12. The summed E-state index contributed by atoms with van der Waals surface area (Å²) in [5.41, 5.74) is 0.0264. The van der Waals surface area contributed by atoms with Crippen molar-refractivity contribution >= 4 is 35.4 Å². The molecular formula is C16H9Cl2O4+.